The van der Waals surface area contributed by atoms with Crippen LogP contribution in [0.4, 0.5) is 17.6 Å². The van der Waals surface area contributed by atoms with Crippen LogP contribution in [-0.2, 0) is 0 Å². The van der Waals surface area contributed by atoms with Crippen LogP contribution in [0.15, 0.2) is 22.7 Å². The fourth-order valence-corrected chi connectivity index (χ4v) is 3.36. The highest BCUT2D eigenvalue weighted by Crippen LogP contribution is 2.38. The average molecular weight is 368 g/mol. The molecular formula is C15H18BrF4N. The van der Waals surface area contributed by atoms with Gasteiger partial charge in [0.05, 0.1) is 5.92 Å². The quantitative estimate of drug-likeness (QED) is 0.709. The molecule has 3 unspecified atom stereocenters. The molecule has 1 N–H and O–H groups in total. The van der Waals surface area contributed by atoms with Crippen molar-refractivity contribution in [1.29, 1.82) is 0 Å². The molecule has 1 aliphatic carbocycles. The van der Waals surface area contributed by atoms with E-state index < -0.39 is 30.0 Å². The lowest BCUT2D eigenvalue weighted by Gasteiger charge is -2.35. The van der Waals surface area contributed by atoms with E-state index in [9.17, 15) is 17.6 Å². The maximum absolute atomic E-state index is 13.8. The second kappa shape index (κ2) is 6.65. The monoisotopic (exact) mass is 367 g/mol. The Balaban J connectivity index is 2.13. The van der Waals surface area contributed by atoms with E-state index in [0.29, 0.717) is 22.9 Å². The fourth-order valence-electron chi connectivity index (χ4n) is 2.98. The first kappa shape index (κ1) is 16.7. The molecule has 0 bridgehead atoms. The van der Waals surface area contributed by atoms with Crippen molar-refractivity contribution in [3.8, 4) is 0 Å². The van der Waals surface area contributed by atoms with Crippen LogP contribution in [0.3, 0.4) is 0 Å². The highest BCUT2D eigenvalue weighted by molar-refractivity contribution is 9.10. The van der Waals surface area contributed by atoms with Gasteiger partial charge in [0.2, 0.25) is 0 Å². The van der Waals surface area contributed by atoms with Crippen molar-refractivity contribution in [2.45, 2.75) is 50.9 Å². The molecule has 0 amide bonds. The van der Waals surface area contributed by atoms with Crippen molar-refractivity contribution >= 4 is 15.9 Å². The molecule has 0 spiro atoms. The Bertz CT molecular complexity index is 489. The van der Waals surface area contributed by atoms with Gasteiger partial charge in [0.1, 0.15) is 5.82 Å². The van der Waals surface area contributed by atoms with Gasteiger partial charge in [0, 0.05) is 22.1 Å². The van der Waals surface area contributed by atoms with Gasteiger partial charge < -0.3 is 5.32 Å². The summed E-state index contributed by atoms with van der Waals surface area (Å²) in [5.41, 5.74) is 0.385. The molecule has 0 aromatic heterocycles. The minimum atomic E-state index is -4.20. The molecule has 1 aliphatic rings. The van der Waals surface area contributed by atoms with Gasteiger partial charge in [-0.25, -0.2) is 4.39 Å². The zero-order chi connectivity index (χ0) is 15.6. The molecular weight excluding hydrogens is 350 g/mol. The maximum Gasteiger partial charge on any atom is 0.393 e. The summed E-state index contributed by atoms with van der Waals surface area (Å²) in [6, 6.07) is 3.39. The summed E-state index contributed by atoms with van der Waals surface area (Å²) in [7, 11) is 0. The van der Waals surface area contributed by atoms with Crippen molar-refractivity contribution in [3.05, 3.63) is 34.1 Å². The summed E-state index contributed by atoms with van der Waals surface area (Å²) < 4.78 is 53.7. The van der Waals surface area contributed by atoms with E-state index in [-0.39, 0.29) is 6.42 Å². The summed E-state index contributed by atoms with van der Waals surface area (Å²) in [4.78, 5) is 0. The molecule has 0 heterocycles. The summed E-state index contributed by atoms with van der Waals surface area (Å²) in [5.74, 6) is -1.75. The van der Waals surface area contributed by atoms with Gasteiger partial charge in [0.15, 0.2) is 0 Å². The number of nitrogens with one attached hydrogen (secondary N) is 1. The van der Waals surface area contributed by atoms with Crippen molar-refractivity contribution in [3.63, 3.8) is 0 Å². The van der Waals surface area contributed by atoms with E-state index in [1.807, 2.05) is 0 Å². The third kappa shape index (κ3) is 4.19. The number of halogens is 5. The molecule has 1 aromatic rings. The van der Waals surface area contributed by atoms with Crippen LogP contribution in [0.25, 0.3) is 0 Å². The zero-order valence-electron chi connectivity index (χ0n) is 11.7. The van der Waals surface area contributed by atoms with E-state index in [2.05, 4.69) is 21.2 Å². The van der Waals surface area contributed by atoms with E-state index in [4.69, 9.17) is 0 Å². The number of alkyl halides is 3. The first-order valence-corrected chi connectivity index (χ1v) is 7.86. The lowest BCUT2D eigenvalue weighted by atomic mass is 9.83. The van der Waals surface area contributed by atoms with Gasteiger partial charge in [-0.05, 0) is 38.0 Å². The van der Waals surface area contributed by atoms with E-state index in [1.54, 1.807) is 19.1 Å². The van der Waals surface area contributed by atoms with Crippen molar-refractivity contribution < 1.29 is 17.6 Å². The van der Waals surface area contributed by atoms with Gasteiger partial charge in [-0.3, -0.25) is 0 Å². The van der Waals surface area contributed by atoms with Gasteiger partial charge in [-0.15, -0.1) is 0 Å². The van der Waals surface area contributed by atoms with Crippen molar-refractivity contribution in [2.75, 3.05) is 0 Å². The Labute approximate surface area is 130 Å². The molecule has 0 saturated heterocycles. The summed E-state index contributed by atoms with van der Waals surface area (Å²) >= 11 is 3.26. The largest absolute Gasteiger partial charge is 0.393 e. The summed E-state index contributed by atoms with van der Waals surface area (Å²) in [6.45, 7) is 1.70. The van der Waals surface area contributed by atoms with Crippen LogP contribution < -0.4 is 5.32 Å². The molecule has 1 aromatic carbocycles. The Hall–Kier alpha value is -0.620. The summed E-state index contributed by atoms with van der Waals surface area (Å²) in [5, 5.41) is 2.98. The van der Waals surface area contributed by atoms with Crippen LogP contribution in [0.1, 0.15) is 44.2 Å². The zero-order valence-corrected chi connectivity index (χ0v) is 13.3. The van der Waals surface area contributed by atoms with Crippen LogP contribution >= 0.6 is 15.9 Å². The highest BCUT2D eigenvalue weighted by Gasteiger charge is 2.45. The SMILES string of the molecule is CC(NC1CCCCC1C(F)(F)F)c1cc(Br)ccc1F. The standard InChI is InChI=1S/C15H18BrF4N/c1-9(11-8-10(16)6-7-13(11)17)21-14-5-3-2-4-12(14)15(18,19)20/h6-9,12,14,21H,2-5H2,1H3. The van der Waals surface area contributed by atoms with E-state index in [1.165, 1.54) is 6.07 Å². The predicted molar refractivity (Wildman–Crippen MR) is 77.5 cm³/mol. The molecule has 1 fully saturated rings. The Kier molecular flexibility index (Phi) is 5.30. The smallest absolute Gasteiger partial charge is 0.307 e. The second-order valence-corrected chi connectivity index (χ2v) is 6.51. The van der Waals surface area contributed by atoms with E-state index in [0.717, 1.165) is 6.42 Å². The fraction of sp³-hybridized carbons (Fsp3) is 0.600. The van der Waals surface area contributed by atoms with Crippen molar-refractivity contribution in [1.82, 2.24) is 5.32 Å². The van der Waals surface area contributed by atoms with Crippen LogP contribution in [0, 0.1) is 11.7 Å². The molecule has 0 radical (unpaired) electrons. The maximum atomic E-state index is 13.8. The second-order valence-electron chi connectivity index (χ2n) is 5.59. The summed E-state index contributed by atoms with van der Waals surface area (Å²) in [6.07, 6.45) is -2.20. The third-order valence-corrected chi connectivity index (χ3v) is 4.57. The van der Waals surface area contributed by atoms with Gasteiger partial charge in [-0.1, -0.05) is 28.8 Å². The molecule has 0 aliphatic heterocycles. The van der Waals surface area contributed by atoms with Crippen LogP contribution in [0.2, 0.25) is 0 Å². The minimum Gasteiger partial charge on any atom is -0.307 e. The highest BCUT2D eigenvalue weighted by atomic mass is 79.9. The van der Waals surface area contributed by atoms with Crippen LogP contribution in [0.5, 0.6) is 0 Å². The Morgan fingerprint density at radius 1 is 1.24 bits per heavy atom. The first-order chi connectivity index (χ1) is 9.79. The molecule has 3 atom stereocenters. The Morgan fingerprint density at radius 3 is 2.57 bits per heavy atom. The topological polar surface area (TPSA) is 12.0 Å². The number of hydrogen-bond acceptors (Lipinski definition) is 1. The third-order valence-electron chi connectivity index (χ3n) is 4.08. The molecule has 1 saturated carbocycles. The molecule has 1 nitrogen and oxygen atoms in total. The normalized spacial score (nSPS) is 24.9. The minimum absolute atomic E-state index is 0.148. The molecule has 6 heteroatoms. The average Bonchev–Trinajstić information content (AvgIpc) is 2.41. The lowest BCUT2D eigenvalue weighted by Crippen LogP contribution is -2.46. The lowest BCUT2D eigenvalue weighted by molar-refractivity contribution is -0.189. The van der Waals surface area contributed by atoms with Crippen molar-refractivity contribution in [2.24, 2.45) is 5.92 Å². The van der Waals surface area contributed by atoms with Gasteiger partial charge >= 0.3 is 6.18 Å². The van der Waals surface area contributed by atoms with Gasteiger partial charge in [-0.2, -0.15) is 13.2 Å². The number of benzene rings is 1. The first-order valence-electron chi connectivity index (χ1n) is 7.06. The molecule has 2 rings (SSSR count). The van der Waals surface area contributed by atoms with Gasteiger partial charge in [0.25, 0.3) is 0 Å². The Morgan fingerprint density at radius 2 is 1.90 bits per heavy atom. The number of rotatable bonds is 3. The number of hydrogen-bond donors (Lipinski definition) is 1. The molecule has 21 heavy (non-hydrogen) atoms. The van der Waals surface area contributed by atoms with E-state index >= 15 is 0 Å². The predicted octanol–water partition coefficient (Wildman–Crippen LogP) is 5.36. The van der Waals surface area contributed by atoms with Crippen LogP contribution in [-0.4, -0.2) is 12.2 Å². The molecule has 118 valence electrons.